The van der Waals surface area contributed by atoms with Gasteiger partial charge < -0.3 is 23.2 Å². The van der Waals surface area contributed by atoms with Crippen LogP contribution in [0, 0.1) is 0 Å². The van der Waals surface area contributed by atoms with Crippen LogP contribution < -0.4 is 24.6 Å². The fraction of sp³-hybridized carbons (Fsp3) is 0.115. The van der Waals surface area contributed by atoms with Gasteiger partial charge in [0.2, 0.25) is 11.4 Å². The van der Waals surface area contributed by atoms with Crippen molar-refractivity contribution in [2.24, 2.45) is 5.10 Å². The third-order valence-corrected chi connectivity index (χ3v) is 6.80. The topological polar surface area (TPSA) is 138 Å². The molecule has 0 amide bonds. The number of hydrogen-bond acceptors (Lipinski definition) is 10. The first kappa shape index (κ1) is 24.8. The Morgan fingerprint density at radius 3 is 2.37 bits per heavy atom. The van der Waals surface area contributed by atoms with Crippen molar-refractivity contribution in [1.82, 2.24) is 15.0 Å². The maximum atomic E-state index is 13.0. The molecule has 0 unspecified atom stereocenters. The summed E-state index contributed by atoms with van der Waals surface area (Å²) in [6.45, 7) is 0. The van der Waals surface area contributed by atoms with E-state index in [1.54, 1.807) is 49.6 Å². The van der Waals surface area contributed by atoms with Gasteiger partial charge in [0, 0.05) is 17.0 Å². The summed E-state index contributed by atoms with van der Waals surface area (Å²) in [6, 6.07) is 20.3. The van der Waals surface area contributed by atoms with Gasteiger partial charge in [-0.3, -0.25) is 0 Å². The minimum atomic E-state index is -4.10. The van der Waals surface area contributed by atoms with E-state index in [0.29, 0.717) is 34.0 Å². The van der Waals surface area contributed by atoms with Gasteiger partial charge in [0.1, 0.15) is 16.9 Å². The lowest BCUT2D eigenvalue weighted by atomic mass is 10.2. The zero-order chi connectivity index (χ0) is 26.7. The smallest absolute Gasteiger partial charge is 0.276 e. The van der Waals surface area contributed by atoms with Gasteiger partial charge in [-0.05, 0) is 48.5 Å². The molecule has 0 saturated carbocycles. The van der Waals surface area contributed by atoms with E-state index >= 15 is 0 Å². The number of para-hydroxylation sites is 1. The normalized spacial score (nSPS) is 11.9. The predicted octanol–water partition coefficient (Wildman–Crippen LogP) is 3.97. The average molecular weight is 535 g/mol. The molecule has 0 radical (unpaired) electrons. The first-order chi connectivity index (χ1) is 18.4. The zero-order valence-electron chi connectivity index (χ0n) is 20.5. The van der Waals surface area contributed by atoms with Gasteiger partial charge in [0.15, 0.2) is 11.5 Å². The maximum Gasteiger partial charge on any atom is 0.276 e. The molecule has 0 aliphatic rings. The molecule has 0 saturated heterocycles. The lowest BCUT2D eigenvalue weighted by Crippen LogP contribution is -2.22. The fourth-order valence-corrected chi connectivity index (χ4v) is 4.45. The highest BCUT2D eigenvalue weighted by Crippen LogP contribution is 2.29. The number of nitrogens with one attached hydrogen (secondary N) is 1. The van der Waals surface area contributed by atoms with Gasteiger partial charge in [-0.1, -0.05) is 23.4 Å². The van der Waals surface area contributed by atoms with Gasteiger partial charge >= 0.3 is 0 Å². The second kappa shape index (κ2) is 10.3. The molecule has 0 bridgehead atoms. The summed E-state index contributed by atoms with van der Waals surface area (Å²) in [6.07, 6.45) is 0. The van der Waals surface area contributed by atoms with Gasteiger partial charge in [-0.25, -0.2) is 0 Å². The molecule has 3 aromatic carbocycles. The Morgan fingerprint density at radius 2 is 1.63 bits per heavy atom. The van der Waals surface area contributed by atoms with Crippen LogP contribution >= 0.6 is 0 Å². The molecular weight excluding hydrogens is 512 g/mol. The lowest BCUT2D eigenvalue weighted by Gasteiger charge is -2.09. The van der Waals surface area contributed by atoms with E-state index < -0.39 is 10.0 Å². The second-order valence-corrected chi connectivity index (χ2v) is 9.54. The lowest BCUT2D eigenvalue weighted by molar-refractivity contribution is 0.354. The van der Waals surface area contributed by atoms with Crippen molar-refractivity contribution >= 4 is 21.0 Å². The number of aromatic nitrogens is 2. The summed E-state index contributed by atoms with van der Waals surface area (Å²) >= 11 is 0. The number of hydrogen-bond donors (Lipinski definition) is 1. The SMILES string of the molecule is COc1ccc(-c2noc(-c3cc4ccccc4oc3=NNS(=O)(=O)c3ccc(OC)c(OC)c3)n2)cc1. The van der Waals surface area contributed by atoms with Crippen molar-refractivity contribution in [1.29, 1.82) is 0 Å². The Bertz CT molecular complexity index is 1780. The molecule has 12 heteroatoms. The van der Waals surface area contributed by atoms with Crippen LogP contribution in [0.3, 0.4) is 0 Å². The zero-order valence-corrected chi connectivity index (χ0v) is 21.4. The van der Waals surface area contributed by atoms with E-state index in [0.717, 1.165) is 5.39 Å². The number of rotatable bonds is 8. The Kier molecular flexibility index (Phi) is 6.71. The minimum Gasteiger partial charge on any atom is -0.497 e. The largest absolute Gasteiger partial charge is 0.497 e. The first-order valence-electron chi connectivity index (χ1n) is 11.2. The molecule has 0 aliphatic carbocycles. The third kappa shape index (κ3) is 4.89. The standard InChI is InChI=1S/C26H22N4O7S/c1-33-18-10-8-16(9-11-18)24-27-25(37-29-24)20-14-17-6-4-5-7-21(17)36-26(20)28-30-38(31,32)19-12-13-22(34-2)23(15-19)35-3/h4-15,30H,1-3H3. The van der Waals surface area contributed by atoms with Crippen LogP contribution in [0.5, 0.6) is 17.2 Å². The van der Waals surface area contributed by atoms with Crippen LogP contribution in [-0.4, -0.2) is 39.9 Å². The van der Waals surface area contributed by atoms with E-state index in [2.05, 4.69) is 20.1 Å². The van der Waals surface area contributed by atoms with Crippen LogP contribution in [0.25, 0.3) is 33.8 Å². The van der Waals surface area contributed by atoms with Crippen molar-refractivity contribution in [2.45, 2.75) is 4.90 Å². The van der Waals surface area contributed by atoms with Crippen LogP contribution in [0.4, 0.5) is 0 Å². The van der Waals surface area contributed by atoms with Crippen LogP contribution in [0.2, 0.25) is 0 Å². The Labute approximate surface area is 217 Å². The molecule has 2 heterocycles. The van der Waals surface area contributed by atoms with E-state index in [9.17, 15) is 8.42 Å². The van der Waals surface area contributed by atoms with Gasteiger partial charge in [-0.15, -0.1) is 5.10 Å². The summed E-state index contributed by atoms with van der Waals surface area (Å²) in [5.41, 5.74) is 1.41. The summed E-state index contributed by atoms with van der Waals surface area (Å²) in [5, 5.41) is 8.85. The molecule has 5 aromatic rings. The van der Waals surface area contributed by atoms with Crippen molar-refractivity contribution in [3.8, 4) is 40.1 Å². The highest BCUT2D eigenvalue weighted by Gasteiger charge is 2.19. The summed E-state index contributed by atoms with van der Waals surface area (Å²) in [4.78, 5) is 6.60. The Balaban J connectivity index is 1.56. The summed E-state index contributed by atoms with van der Waals surface area (Å²) < 4.78 is 53.0. The summed E-state index contributed by atoms with van der Waals surface area (Å²) in [7, 11) is 0.347. The molecule has 194 valence electrons. The minimum absolute atomic E-state index is 0.0716. The highest BCUT2D eigenvalue weighted by molar-refractivity contribution is 7.89. The average Bonchev–Trinajstić information content (AvgIpc) is 3.45. The number of nitrogens with zero attached hydrogens (tertiary/aromatic N) is 3. The monoisotopic (exact) mass is 534 g/mol. The van der Waals surface area contributed by atoms with E-state index in [1.807, 2.05) is 12.1 Å². The van der Waals surface area contributed by atoms with Gasteiger partial charge in [0.05, 0.1) is 26.2 Å². The van der Waals surface area contributed by atoms with E-state index in [4.69, 9.17) is 23.2 Å². The van der Waals surface area contributed by atoms with Crippen LogP contribution in [0.1, 0.15) is 0 Å². The van der Waals surface area contributed by atoms with Crippen molar-refractivity contribution in [3.05, 3.63) is 78.4 Å². The first-order valence-corrected chi connectivity index (χ1v) is 12.7. The highest BCUT2D eigenvalue weighted by atomic mass is 32.2. The molecule has 1 N–H and O–H groups in total. The van der Waals surface area contributed by atoms with E-state index in [-0.39, 0.29) is 22.1 Å². The number of methoxy groups -OCH3 is 3. The quantitative estimate of drug-likeness (QED) is 0.293. The molecule has 0 atom stereocenters. The van der Waals surface area contributed by atoms with Crippen LogP contribution in [-0.2, 0) is 10.0 Å². The van der Waals surface area contributed by atoms with E-state index in [1.165, 1.54) is 32.4 Å². The van der Waals surface area contributed by atoms with Crippen molar-refractivity contribution < 1.29 is 31.6 Å². The van der Waals surface area contributed by atoms with Gasteiger partial charge in [-0.2, -0.15) is 18.2 Å². The molecule has 2 aromatic heterocycles. The molecule has 0 spiro atoms. The Hall–Kier alpha value is -4.84. The van der Waals surface area contributed by atoms with Crippen molar-refractivity contribution in [3.63, 3.8) is 0 Å². The number of sulfonamides is 1. The number of fused-ring (bicyclic) bond motifs is 1. The maximum absolute atomic E-state index is 13.0. The molecular formula is C26H22N4O7S. The predicted molar refractivity (Wildman–Crippen MR) is 137 cm³/mol. The molecule has 38 heavy (non-hydrogen) atoms. The molecule has 5 rings (SSSR count). The molecule has 0 fully saturated rings. The third-order valence-electron chi connectivity index (χ3n) is 5.59. The van der Waals surface area contributed by atoms with Gasteiger partial charge in [0.25, 0.3) is 15.9 Å². The summed E-state index contributed by atoms with van der Waals surface area (Å²) in [5.74, 6) is 1.75. The molecule has 0 aliphatic heterocycles. The molecule has 11 nitrogen and oxygen atoms in total. The van der Waals surface area contributed by atoms with Crippen molar-refractivity contribution in [2.75, 3.05) is 21.3 Å². The number of ether oxygens (including phenoxy) is 3. The second-order valence-electron chi connectivity index (χ2n) is 7.88. The Morgan fingerprint density at radius 1 is 0.868 bits per heavy atom. The van der Waals surface area contributed by atoms with Crippen LogP contribution in [0.15, 0.2) is 91.7 Å². The number of benzene rings is 3. The fourth-order valence-electron chi connectivity index (χ4n) is 3.63.